The number of fused-ring (bicyclic) bond motifs is 3. The van der Waals surface area contributed by atoms with Gasteiger partial charge in [-0.05, 0) is 124 Å². The van der Waals surface area contributed by atoms with Crippen molar-refractivity contribution in [2.24, 2.45) is 0 Å². The second-order valence-corrected chi connectivity index (χ2v) is 26.9. The van der Waals surface area contributed by atoms with Crippen LogP contribution in [0.5, 0.6) is 0 Å². The first-order valence-electron chi connectivity index (χ1n) is 31.4. The lowest BCUT2D eigenvalue weighted by Gasteiger charge is -2.32. The number of H-pyrrole nitrogens is 2. The Hall–Kier alpha value is -9.44. The summed E-state index contributed by atoms with van der Waals surface area (Å²) in [4.78, 5) is 54.8. The van der Waals surface area contributed by atoms with Crippen LogP contribution in [0, 0.1) is 0 Å². The minimum atomic E-state index is -0.928. The highest BCUT2D eigenvalue weighted by Gasteiger charge is 2.53. The number of hydrogen-bond donors (Lipinski definition) is 5. The quantitative estimate of drug-likeness (QED) is 0.0629. The summed E-state index contributed by atoms with van der Waals surface area (Å²) in [6.07, 6.45) is 25.5. The maximum Gasteiger partial charge on any atom is 0.498 e. The average molecular weight is 1280 g/mol. The normalized spacial score (nSPS) is 17.3. The van der Waals surface area contributed by atoms with Crippen LogP contribution in [0.4, 0.5) is 11.9 Å². The standard InChI is InChI=1S/C23H23N9O.C18H17N5O2.C15H25BN2O4.C9H15BN2O2/c33-22(31-6-5-20-21(13-31)29-30-28-20)14-32-12-18(11-26-32)17-9-24-23(25-10-17)27-19-7-15-3-1-2-4-16(15)8-19;24-17(25)11-23-10-15(9-21-23)14-7-19-18(20-8-14)22-16-5-12-3-1-2-4-13(12)6-16;1-13(2,3)20-12(19)10-18-9-11(8-17-18)16-21-14(4,5)15(6,7)22-16;1-8(2)9(3,4)14-10(13-8)7-5-11-12-6-7/h1-4,9-12,19H,5-8,13-14H2,(H,24,25,27)(H,28,29,30);1-4,7-10,16H,5-6,11H2,(H,24,25)(H,19,20,22);8-9H,10H2,1-7H3;5-6H,1-4H3,(H,11,12). The van der Waals surface area contributed by atoms with Gasteiger partial charge in [0.1, 0.15) is 30.9 Å². The molecule has 2 fully saturated rings. The van der Waals surface area contributed by atoms with Crippen LogP contribution in [-0.4, -0.2) is 164 Å². The summed E-state index contributed by atoms with van der Waals surface area (Å²) in [5.41, 5.74) is 10.5. The highest BCUT2D eigenvalue weighted by Crippen LogP contribution is 2.38. The highest BCUT2D eigenvalue weighted by atomic mass is 16.7. The number of nitrogens with one attached hydrogen (secondary N) is 4. The number of amides is 1. The largest absolute Gasteiger partial charge is 0.498 e. The lowest BCUT2D eigenvalue weighted by Crippen LogP contribution is -2.41. The monoisotopic (exact) mass is 1280 g/mol. The number of aliphatic carboxylic acids is 1. The smallest absolute Gasteiger partial charge is 0.480 e. The number of ether oxygens (including phenoxy) is 1. The van der Waals surface area contributed by atoms with E-state index in [-0.39, 0.29) is 49.8 Å². The summed E-state index contributed by atoms with van der Waals surface area (Å²) >= 11 is 0. The number of nitrogens with zero attached hydrogens (tertiary/aromatic N) is 14. The number of aromatic nitrogens is 15. The number of esters is 1. The van der Waals surface area contributed by atoms with Crippen molar-refractivity contribution in [2.75, 3.05) is 17.2 Å². The molecule has 0 atom stereocenters. The van der Waals surface area contributed by atoms with Crippen LogP contribution in [0.3, 0.4) is 0 Å². The Morgan fingerprint density at radius 1 is 0.585 bits per heavy atom. The molecule has 27 nitrogen and oxygen atoms in total. The second kappa shape index (κ2) is 27.3. The molecule has 10 heterocycles. The molecule has 5 aliphatic rings. The molecule has 29 heteroatoms. The van der Waals surface area contributed by atoms with Gasteiger partial charge < -0.3 is 44.0 Å². The average Bonchev–Trinajstić information content (AvgIpc) is 1.64. The van der Waals surface area contributed by atoms with E-state index >= 15 is 0 Å². The Morgan fingerprint density at radius 2 is 1.03 bits per heavy atom. The number of carboxylic acid groups (broad SMARTS) is 1. The molecular formula is C65H80B2N18O9. The van der Waals surface area contributed by atoms with E-state index in [1.807, 2.05) is 82.4 Å². The molecule has 9 aromatic rings. The van der Waals surface area contributed by atoms with Crippen molar-refractivity contribution in [2.45, 2.75) is 175 Å². The molecule has 0 spiro atoms. The zero-order chi connectivity index (χ0) is 66.6. The van der Waals surface area contributed by atoms with Gasteiger partial charge in [0.15, 0.2) is 0 Å². The van der Waals surface area contributed by atoms with Crippen molar-refractivity contribution in [3.05, 3.63) is 157 Å². The molecule has 490 valence electrons. The topological polar surface area (TPSA) is 320 Å². The van der Waals surface area contributed by atoms with Gasteiger partial charge in [-0.15, -0.1) is 0 Å². The van der Waals surface area contributed by atoms with Gasteiger partial charge in [-0.2, -0.15) is 35.8 Å². The van der Waals surface area contributed by atoms with Gasteiger partial charge in [0, 0.05) is 120 Å². The van der Waals surface area contributed by atoms with Gasteiger partial charge >= 0.3 is 26.2 Å². The minimum Gasteiger partial charge on any atom is -0.480 e. The summed E-state index contributed by atoms with van der Waals surface area (Å²) in [5, 5.41) is 45.6. The molecule has 0 unspecified atom stereocenters. The predicted molar refractivity (Wildman–Crippen MR) is 350 cm³/mol. The molecule has 7 aromatic heterocycles. The van der Waals surface area contributed by atoms with Crippen molar-refractivity contribution in [1.82, 2.24) is 79.8 Å². The van der Waals surface area contributed by atoms with Crippen LogP contribution in [0.2, 0.25) is 0 Å². The molecule has 2 aliphatic carbocycles. The van der Waals surface area contributed by atoms with Gasteiger partial charge in [0.25, 0.3) is 0 Å². The fourth-order valence-corrected chi connectivity index (χ4v) is 11.1. The van der Waals surface area contributed by atoms with Gasteiger partial charge in [0.05, 0.1) is 47.0 Å². The number of anilines is 2. The maximum atomic E-state index is 12.7. The van der Waals surface area contributed by atoms with Gasteiger partial charge in [-0.3, -0.25) is 33.5 Å². The van der Waals surface area contributed by atoms with Crippen LogP contribution in [0.15, 0.2) is 123 Å². The summed E-state index contributed by atoms with van der Waals surface area (Å²) < 4.78 is 33.4. The third-order valence-corrected chi connectivity index (χ3v) is 17.5. The molecule has 2 saturated heterocycles. The zero-order valence-electron chi connectivity index (χ0n) is 54.9. The molecule has 3 aliphatic heterocycles. The second-order valence-electron chi connectivity index (χ2n) is 26.9. The van der Waals surface area contributed by atoms with E-state index in [0.29, 0.717) is 43.5 Å². The third-order valence-electron chi connectivity index (χ3n) is 17.5. The van der Waals surface area contributed by atoms with Crippen LogP contribution in [0.25, 0.3) is 22.3 Å². The van der Waals surface area contributed by atoms with Crippen molar-refractivity contribution in [3.63, 3.8) is 0 Å². The van der Waals surface area contributed by atoms with E-state index in [9.17, 15) is 14.4 Å². The van der Waals surface area contributed by atoms with Crippen molar-refractivity contribution in [3.8, 4) is 22.3 Å². The van der Waals surface area contributed by atoms with E-state index in [1.54, 1.807) is 77.7 Å². The Morgan fingerprint density at radius 3 is 1.49 bits per heavy atom. The first-order valence-corrected chi connectivity index (χ1v) is 31.4. The van der Waals surface area contributed by atoms with Gasteiger partial charge in [-0.25, -0.2) is 19.9 Å². The summed E-state index contributed by atoms with van der Waals surface area (Å²) in [7, 11) is -0.781. The number of aromatic amines is 2. The van der Waals surface area contributed by atoms with E-state index < -0.39 is 29.9 Å². The van der Waals surface area contributed by atoms with Crippen molar-refractivity contribution < 1.29 is 42.8 Å². The first-order chi connectivity index (χ1) is 44.7. The van der Waals surface area contributed by atoms with E-state index in [2.05, 4.69) is 120 Å². The Labute approximate surface area is 545 Å². The minimum absolute atomic E-state index is 0.00616. The summed E-state index contributed by atoms with van der Waals surface area (Å²) in [5.74, 6) is -0.0262. The molecular weight excluding hydrogens is 1200 g/mol. The fraction of sp³-hybridized carbons (Fsp3) is 0.431. The molecule has 0 bridgehead atoms. The number of carboxylic acids is 1. The molecule has 0 radical (unpaired) electrons. The fourth-order valence-electron chi connectivity index (χ4n) is 11.1. The Kier molecular flexibility index (Phi) is 19.1. The number of benzene rings is 2. The Bertz CT molecular complexity index is 3980. The van der Waals surface area contributed by atoms with Crippen molar-refractivity contribution in [1.29, 1.82) is 0 Å². The number of carbonyl (C=O) groups is 3. The SMILES string of the molecule is CC(C)(C)OC(=O)Cn1cc(B2OC(C)(C)C(C)(C)O2)cn1.CC1(C)OB(c2cn[nH]c2)OC1(C)C.O=C(Cn1cc(-c2cnc(NC3Cc4ccccc4C3)nc2)cn1)N1CCc2n[nH]nc2C1.O=C(O)Cn1cc(-c2cnc(NC3Cc4ccccc4C3)nc2)cn1. The molecule has 1 amide bonds. The van der Waals surface area contributed by atoms with Crippen LogP contribution in [-0.2, 0) is 96.0 Å². The first kappa shape index (κ1) is 66.0. The number of hydrogen-bond acceptors (Lipinski definition) is 20. The zero-order valence-corrected chi connectivity index (χ0v) is 54.9. The summed E-state index contributed by atoms with van der Waals surface area (Å²) in [6.45, 7) is 22.8. The molecule has 94 heavy (non-hydrogen) atoms. The molecule has 14 rings (SSSR count). The highest BCUT2D eigenvalue weighted by molar-refractivity contribution is 6.62. The lowest BCUT2D eigenvalue weighted by molar-refractivity contribution is -0.155. The van der Waals surface area contributed by atoms with Gasteiger partial charge in [-0.1, -0.05) is 48.5 Å². The lowest BCUT2D eigenvalue weighted by atomic mass is 9.82. The van der Waals surface area contributed by atoms with Crippen LogP contribution in [0.1, 0.15) is 110 Å². The van der Waals surface area contributed by atoms with Gasteiger partial charge in [0.2, 0.25) is 17.8 Å². The third kappa shape index (κ3) is 16.1. The van der Waals surface area contributed by atoms with Crippen LogP contribution >= 0.6 is 0 Å². The number of carbonyl (C=O) groups excluding carboxylic acids is 2. The van der Waals surface area contributed by atoms with E-state index in [1.165, 1.54) is 31.6 Å². The van der Waals surface area contributed by atoms with Crippen LogP contribution < -0.4 is 21.6 Å². The van der Waals surface area contributed by atoms with E-state index in [4.69, 9.17) is 28.5 Å². The maximum absolute atomic E-state index is 12.7. The summed E-state index contributed by atoms with van der Waals surface area (Å²) in [6, 6.07) is 17.6. The Balaban J connectivity index is 0.000000133. The molecule has 5 N–H and O–H groups in total. The van der Waals surface area contributed by atoms with E-state index in [0.717, 1.165) is 70.3 Å². The molecule has 0 saturated carbocycles. The molecule has 2 aromatic carbocycles. The van der Waals surface area contributed by atoms with Crippen molar-refractivity contribution >= 4 is 54.9 Å². The predicted octanol–water partition coefficient (Wildman–Crippen LogP) is 5.86. The number of rotatable bonds is 14.